The summed E-state index contributed by atoms with van der Waals surface area (Å²) in [5, 5.41) is 3.73. The van der Waals surface area contributed by atoms with Gasteiger partial charge in [0.15, 0.2) is 6.29 Å². The Bertz CT molecular complexity index is 535. The Balaban J connectivity index is 1.66. The molecule has 1 aliphatic rings. The normalized spacial score (nSPS) is 15.7. The molecular weight excluding hydrogens is 366 g/mol. The number of nitrogens with one attached hydrogen (secondary N) is 1. The topological polar surface area (TPSA) is 55.9 Å². The number of hydrogen-bond donors (Lipinski definition) is 1. The van der Waals surface area contributed by atoms with Crippen LogP contribution in [0.5, 0.6) is 0 Å². The lowest BCUT2D eigenvalue weighted by Crippen LogP contribution is -2.36. The van der Waals surface area contributed by atoms with Gasteiger partial charge in [-0.25, -0.2) is 4.98 Å². The molecule has 0 spiro atoms. The lowest BCUT2D eigenvalue weighted by atomic mass is 9.97. The quantitative estimate of drug-likeness (QED) is 0.330. The second kappa shape index (κ2) is 12.5. The molecule has 1 aromatic heterocycles. The van der Waals surface area contributed by atoms with E-state index in [4.69, 9.17) is 25.8 Å². The molecule has 1 N–H and O–H groups in total. The summed E-state index contributed by atoms with van der Waals surface area (Å²) in [4.78, 5) is 6.90. The Kier molecular flexibility index (Phi) is 10.4. The van der Waals surface area contributed by atoms with Crippen molar-refractivity contribution in [2.24, 2.45) is 5.92 Å². The van der Waals surface area contributed by atoms with Gasteiger partial charge in [-0.3, -0.25) is 0 Å². The van der Waals surface area contributed by atoms with Crippen LogP contribution < -0.4 is 10.2 Å². The number of rotatable bonds is 12. The van der Waals surface area contributed by atoms with E-state index in [0.29, 0.717) is 11.1 Å². The van der Waals surface area contributed by atoms with Crippen molar-refractivity contribution < 1.29 is 14.2 Å². The van der Waals surface area contributed by atoms with Crippen LogP contribution in [0.2, 0.25) is 5.15 Å². The SMILES string of the molecule is CNCc1nc(Cl)ccc1N1CCC(COCCCCC(OC)OC)CC1. The number of pyridine rings is 1. The molecule has 154 valence electrons. The van der Waals surface area contributed by atoms with Crippen molar-refractivity contribution in [2.45, 2.75) is 44.9 Å². The molecule has 1 aromatic rings. The molecular formula is C20H34ClN3O3. The van der Waals surface area contributed by atoms with E-state index in [9.17, 15) is 0 Å². The highest BCUT2D eigenvalue weighted by Crippen LogP contribution is 2.27. The molecule has 1 fully saturated rings. The molecule has 7 heteroatoms. The fraction of sp³-hybridized carbons (Fsp3) is 0.750. The second-order valence-electron chi connectivity index (χ2n) is 7.03. The molecule has 0 saturated carbocycles. The van der Waals surface area contributed by atoms with Gasteiger partial charge in [-0.2, -0.15) is 0 Å². The number of aromatic nitrogens is 1. The third-order valence-corrected chi connectivity index (χ3v) is 5.28. The van der Waals surface area contributed by atoms with Crippen molar-refractivity contribution in [1.82, 2.24) is 10.3 Å². The minimum Gasteiger partial charge on any atom is -0.381 e. The van der Waals surface area contributed by atoms with E-state index in [2.05, 4.69) is 21.3 Å². The smallest absolute Gasteiger partial charge is 0.156 e. The standard InChI is InChI=1S/C20H34ClN3O3/c1-22-14-17-18(7-8-19(21)23-17)24-11-9-16(10-12-24)15-27-13-5-4-6-20(25-2)26-3/h7-8,16,20,22H,4-6,9-15H2,1-3H3. The predicted octanol–water partition coefficient (Wildman–Crippen LogP) is 3.48. The molecule has 0 amide bonds. The molecule has 1 aliphatic heterocycles. The fourth-order valence-corrected chi connectivity index (χ4v) is 3.66. The first-order valence-corrected chi connectivity index (χ1v) is 10.2. The molecule has 2 rings (SSSR count). The van der Waals surface area contributed by atoms with Crippen LogP contribution in [0, 0.1) is 5.92 Å². The summed E-state index contributed by atoms with van der Waals surface area (Å²) >= 11 is 6.05. The van der Waals surface area contributed by atoms with Gasteiger partial charge in [-0.1, -0.05) is 11.6 Å². The molecule has 0 bridgehead atoms. The molecule has 0 aromatic carbocycles. The summed E-state index contributed by atoms with van der Waals surface area (Å²) < 4.78 is 16.3. The number of hydrogen-bond acceptors (Lipinski definition) is 6. The summed E-state index contributed by atoms with van der Waals surface area (Å²) in [6.07, 6.45) is 5.23. The third kappa shape index (κ3) is 7.54. The van der Waals surface area contributed by atoms with E-state index in [0.717, 1.165) is 70.6 Å². The summed E-state index contributed by atoms with van der Waals surface area (Å²) in [6.45, 7) is 4.47. The largest absolute Gasteiger partial charge is 0.381 e. The number of ether oxygens (including phenoxy) is 3. The highest BCUT2D eigenvalue weighted by Gasteiger charge is 2.21. The summed E-state index contributed by atoms with van der Waals surface area (Å²) in [6, 6.07) is 3.97. The number of nitrogens with zero attached hydrogens (tertiary/aromatic N) is 2. The maximum Gasteiger partial charge on any atom is 0.156 e. The van der Waals surface area contributed by atoms with Crippen LogP contribution in [-0.2, 0) is 20.8 Å². The van der Waals surface area contributed by atoms with Gasteiger partial charge in [-0.05, 0) is 57.2 Å². The third-order valence-electron chi connectivity index (χ3n) is 5.07. The molecule has 2 heterocycles. The van der Waals surface area contributed by atoms with Crippen molar-refractivity contribution in [1.29, 1.82) is 0 Å². The average Bonchev–Trinajstić information content (AvgIpc) is 2.69. The Morgan fingerprint density at radius 2 is 1.96 bits per heavy atom. The number of halogens is 1. The molecule has 6 nitrogen and oxygen atoms in total. The first-order chi connectivity index (χ1) is 13.2. The van der Waals surface area contributed by atoms with E-state index in [1.54, 1.807) is 14.2 Å². The van der Waals surface area contributed by atoms with E-state index >= 15 is 0 Å². The van der Waals surface area contributed by atoms with Gasteiger partial charge in [0, 0.05) is 47.1 Å². The van der Waals surface area contributed by atoms with Crippen molar-refractivity contribution >= 4 is 17.3 Å². The summed E-state index contributed by atoms with van der Waals surface area (Å²) in [5.41, 5.74) is 2.21. The minimum atomic E-state index is -0.0931. The van der Waals surface area contributed by atoms with E-state index < -0.39 is 0 Å². The molecule has 0 unspecified atom stereocenters. The lowest BCUT2D eigenvalue weighted by Gasteiger charge is -2.34. The Hall–Kier alpha value is -0.920. The molecule has 0 aliphatic carbocycles. The Labute approximate surface area is 168 Å². The van der Waals surface area contributed by atoms with Gasteiger partial charge in [0.1, 0.15) is 5.15 Å². The summed E-state index contributed by atoms with van der Waals surface area (Å²) in [5.74, 6) is 0.639. The molecule has 0 atom stereocenters. The van der Waals surface area contributed by atoms with Crippen LogP contribution in [0.4, 0.5) is 5.69 Å². The van der Waals surface area contributed by atoms with E-state index in [1.165, 1.54) is 5.69 Å². The maximum atomic E-state index is 6.05. The average molecular weight is 400 g/mol. The van der Waals surface area contributed by atoms with Crippen LogP contribution >= 0.6 is 11.6 Å². The van der Waals surface area contributed by atoms with Crippen LogP contribution in [0.15, 0.2) is 12.1 Å². The predicted molar refractivity (Wildman–Crippen MR) is 109 cm³/mol. The minimum absolute atomic E-state index is 0.0931. The zero-order valence-electron chi connectivity index (χ0n) is 16.9. The maximum absolute atomic E-state index is 6.05. The number of anilines is 1. The van der Waals surface area contributed by atoms with Crippen molar-refractivity contribution in [3.8, 4) is 0 Å². The number of piperidine rings is 1. The van der Waals surface area contributed by atoms with E-state index in [1.807, 2.05) is 13.1 Å². The monoisotopic (exact) mass is 399 g/mol. The zero-order valence-corrected chi connectivity index (χ0v) is 17.6. The fourth-order valence-electron chi connectivity index (χ4n) is 3.49. The van der Waals surface area contributed by atoms with Crippen LogP contribution in [0.1, 0.15) is 37.8 Å². The number of methoxy groups -OCH3 is 2. The van der Waals surface area contributed by atoms with Gasteiger partial charge in [0.05, 0.1) is 11.4 Å². The van der Waals surface area contributed by atoms with Gasteiger partial charge in [-0.15, -0.1) is 0 Å². The van der Waals surface area contributed by atoms with Crippen LogP contribution in [0.25, 0.3) is 0 Å². The van der Waals surface area contributed by atoms with Crippen molar-refractivity contribution in [3.05, 3.63) is 23.0 Å². The van der Waals surface area contributed by atoms with E-state index in [-0.39, 0.29) is 6.29 Å². The molecule has 0 radical (unpaired) electrons. The molecule has 27 heavy (non-hydrogen) atoms. The Morgan fingerprint density at radius 3 is 2.63 bits per heavy atom. The zero-order chi connectivity index (χ0) is 19.5. The first-order valence-electron chi connectivity index (χ1n) is 9.86. The lowest BCUT2D eigenvalue weighted by molar-refractivity contribution is -0.107. The highest BCUT2D eigenvalue weighted by molar-refractivity contribution is 6.29. The Morgan fingerprint density at radius 1 is 1.22 bits per heavy atom. The number of unbranched alkanes of at least 4 members (excludes halogenated alkanes) is 1. The second-order valence-corrected chi connectivity index (χ2v) is 7.42. The van der Waals surface area contributed by atoms with Gasteiger partial charge in [0.2, 0.25) is 0 Å². The van der Waals surface area contributed by atoms with Crippen molar-refractivity contribution in [2.75, 3.05) is 52.5 Å². The van der Waals surface area contributed by atoms with Gasteiger partial charge >= 0.3 is 0 Å². The van der Waals surface area contributed by atoms with Crippen LogP contribution in [-0.4, -0.2) is 58.8 Å². The van der Waals surface area contributed by atoms with Gasteiger partial charge in [0.25, 0.3) is 0 Å². The van der Waals surface area contributed by atoms with Gasteiger partial charge < -0.3 is 24.4 Å². The first kappa shape index (κ1) is 22.4. The highest BCUT2D eigenvalue weighted by atomic mass is 35.5. The van der Waals surface area contributed by atoms with Crippen molar-refractivity contribution in [3.63, 3.8) is 0 Å². The molecule has 1 saturated heterocycles. The van der Waals surface area contributed by atoms with Crippen LogP contribution in [0.3, 0.4) is 0 Å². The summed E-state index contributed by atoms with van der Waals surface area (Å²) in [7, 11) is 5.29.